The molecule has 1 N–H and O–H groups in total. The second kappa shape index (κ2) is 6.84. The van der Waals surface area contributed by atoms with E-state index in [2.05, 4.69) is 5.32 Å². The van der Waals surface area contributed by atoms with Crippen molar-refractivity contribution in [2.75, 3.05) is 23.6 Å². The van der Waals surface area contributed by atoms with Gasteiger partial charge in [0.25, 0.3) is 0 Å². The van der Waals surface area contributed by atoms with E-state index in [4.69, 9.17) is 9.47 Å². The van der Waals surface area contributed by atoms with Crippen LogP contribution in [0.1, 0.15) is 18.1 Å². The molecule has 1 heterocycles. The van der Waals surface area contributed by atoms with Crippen LogP contribution >= 0.6 is 0 Å². The van der Waals surface area contributed by atoms with Crippen LogP contribution in [0.15, 0.2) is 36.4 Å². The second-order valence-electron chi connectivity index (χ2n) is 6.01. The van der Waals surface area contributed by atoms with Crippen LogP contribution in [-0.4, -0.2) is 25.2 Å². The average Bonchev–Trinajstić information content (AvgIpc) is 3.02. The van der Waals surface area contributed by atoms with Crippen LogP contribution in [0.25, 0.3) is 0 Å². The van der Waals surface area contributed by atoms with Crippen molar-refractivity contribution in [3.8, 4) is 11.5 Å². The number of ether oxygens (including phenoxy) is 2. The van der Waals surface area contributed by atoms with E-state index in [9.17, 15) is 9.59 Å². The number of anilines is 2. The van der Waals surface area contributed by atoms with Gasteiger partial charge in [0.2, 0.25) is 18.6 Å². The lowest BCUT2D eigenvalue weighted by molar-refractivity contribution is -0.120. The van der Waals surface area contributed by atoms with Crippen molar-refractivity contribution in [2.24, 2.45) is 0 Å². The first-order valence-electron chi connectivity index (χ1n) is 7.99. The third-order valence-corrected chi connectivity index (χ3v) is 4.01. The number of fused-ring (bicyclic) bond motifs is 1. The molecule has 0 saturated heterocycles. The van der Waals surface area contributed by atoms with Crippen LogP contribution in [0, 0.1) is 13.8 Å². The first-order chi connectivity index (χ1) is 11.9. The van der Waals surface area contributed by atoms with Crippen LogP contribution in [0.2, 0.25) is 0 Å². The van der Waals surface area contributed by atoms with E-state index < -0.39 is 0 Å². The van der Waals surface area contributed by atoms with Crippen molar-refractivity contribution in [1.29, 1.82) is 0 Å². The van der Waals surface area contributed by atoms with Gasteiger partial charge in [-0.2, -0.15) is 0 Å². The molecule has 130 valence electrons. The molecular formula is C19H20N2O4. The number of aryl methyl sites for hydroxylation is 2. The van der Waals surface area contributed by atoms with Crippen molar-refractivity contribution < 1.29 is 19.1 Å². The highest BCUT2D eigenvalue weighted by Gasteiger charge is 2.20. The fraction of sp³-hybridized carbons (Fsp3) is 0.263. The number of hydrogen-bond donors (Lipinski definition) is 1. The minimum Gasteiger partial charge on any atom is -0.454 e. The molecule has 0 spiro atoms. The van der Waals surface area contributed by atoms with Gasteiger partial charge in [0, 0.05) is 24.4 Å². The number of carbonyl (C=O) groups is 2. The minimum absolute atomic E-state index is 0.0811. The molecule has 1 aliphatic heterocycles. The summed E-state index contributed by atoms with van der Waals surface area (Å²) in [5.41, 5.74) is 3.43. The van der Waals surface area contributed by atoms with E-state index >= 15 is 0 Å². The van der Waals surface area contributed by atoms with Crippen LogP contribution in [0.3, 0.4) is 0 Å². The molecule has 2 aromatic rings. The fourth-order valence-electron chi connectivity index (χ4n) is 2.72. The zero-order chi connectivity index (χ0) is 18.0. The summed E-state index contributed by atoms with van der Waals surface area (Å²) in [6, 6.07) is 11.0. The Bertz CT molecular complexity index is 832. The lowest BCUT2D eigenvalue weighted by atomic mass is 10.1. The standard InChI is InChI=1S/C19H20N2O4/c1-12-4-6-16(13(2)8-12)20-19(23)10-21(14(3)22)15-5-7-17-18(9-15)25-11-24-17/h4-9H,10-11H2,1-3H3,(H,20,23). The third kappa shape index (κ3) is 3.74. The van der Waals surface area contributed by atoms with Gasteiger partial charge in [-0.3, -0.25) is 9.59 Å². The van der Waals surface area contributed by atoms with Crippen LogP contribution in [-0.2, 0) is 9.59 Å². The molecule has 0 fully saturated rings. The summed E-state index contributed by atoms with van der Waals surface area (Å²) in [7, 11) is 0. The SMILES string of the molecule is CC(=O)N(CC(=O)Nc1ccc(C)cc1C)c1ccc2c(c1)OCO2. The topological polar surface area (TPSA) is 67.9 Å². The van der Waals surface area contributed by atoms with Gasteiger partial charge in [0.05, 0.1) is 0 Å². The van der Waals surface area contributed by atoms with Crippen molar-refractivity contribution in [1.82, 2.24) is 0 Å². The fourth-order valence-corrected chi connectivity index (χ4v) is 2.72. The molecule has 6 heteroatoms. The Morgan fingerprint density at radius 2 is 1.84 bits per heavy atom. The van der Waals surface area contributed by atoms with Crippen molar-refractivity contribution in [3.63, 3.8) is 0 Å². The number of rotatable bonds is 4. The highest BCUT2D eigenvalue weighted by atomic mass is 16.7. The second-order valence-corrected chi connectivity index (χ2v) is 6.01. The Balaban J connectivity index is 1.75. The van der Waals surface area contributed by atoms with E-state index in [1.54, 1.807) is 18.2 Å². The molecule has 0 radical (unpaired) electrons. The summed E-state index contributed by atoms with van der Waals surface area (Å²) in [4.78, 5) is 25.8. The maximum Gasteiger partial charge on any atom is 0.244 e. The van der Waals surface area contributed by atoms with Gasteiger partial charge in [-0.05, 0) is 37.6 Å². The predicted molar refractivity (Wildman–Crippen MR) is 95.1 cm³/mol. The van der Waals surface area contributed by atoms with E-state index in [0.29, 0.717) is 17.2 Å². The van der Waals surface area contributed by atoms with Gasteiger partial charge in [-0.25, -0.2) is 0 Å². The smallest absolute Gasteiger partial charge is 0.244 e. The summed E-state index contributed by atoms with van der Waals surface area (Å²) in [5, 5.41) is 2.86. The Hall–Kier alpha value is -3.02. The van der Waals surface area contributed by atoms with Gasteiger partial charge >= 0.3 is 0 Å². The normalized spacial score (nSPS) is 12.0. The molecule has 2 aromatic carbocycles. The van der Waals surface area contributed by atoms with Gasteiger partial charge in [-0.15, -0.1) is 0 Å². The first kappa shape index (κ1) is 16.8. The Morgan fingerprint density at radius 3 is 2.56 bits per heavy atom. The molecule has 3 rings (SSSR count). The van der Waals surface area contributed by atoms with E-state index in [1.165, 1.54) is 11.8 Å². The van der Waals surface area contributed by atoms with Gasteiger partial charge in [0.15, 0.2) is 11.5 Å². The predicted octanol–water partition coefficient (Wildman–Crippen LogP) is 3.02. The van der Waals surface area contributed by atoms with Crippen LogP contribution < -0.4 is 19.7 Å². The minimum atomic E-state index is -0.264. The number of benzene rings is 2. The zero-order valence-corrected chi connectivity index (χ0v) is 14.5. The summed E-state index contributed by atoms with van der Waals surface area (Å²) in [5.74, 6) is 0.708. The number of amides is 2. The van der Waals surface area contributed by atoms with E-state index in [1.807, 2.05) is 32.0 Å². The Morgan fingerprint density at radius 1 is 1.08 bits per heavy atom. The number of hydrogen-bond acceptors (Lipinski definition) is 4. The molecular weight excluding hydrogens is 320 g/mol. The Labute approximate surface area is 146 Å². The van der Waals surface area contributed by atoms with Gasteiger partial charge in [0.1, 0.15) is 6.54 Å². The van der Waals surface area contributed by atoms with Crippen molar-refractivity contribution in [3.05, 3.63) is 47.5 Å². The summed E-state index contributed by atoms with van der Waals surface area (Å²) in [6.45, 7) is 5.43. The largest absolute Gasteiger partial charge is 0.454 e. The first-order valence-corrected chi connectivity index (χ1v) is 7.99. The number of carbonyl (C=O) groups excluding carboxylic acids is 2. The van der Waals surface area contributed by atoms with Crippen molar-refractivity contribution in [2.45, 2.75) is 20.8 Å². The highest BCUT2D eigenvalue weighted by Crippen LogP contribution is 2.35. The molecule has 25 heavy (non-hydrogen) atoms. The molecule has 6 nitrogen and oxygen atoms in total. The van der Waals surface area contributed by atoms with Crippen LogP contribution in [0.5, 0.6) is 11.5 Å². The maximum atomic E-state index is 12.4. The Kier molecular flexibility index (Phi) is 4.61. The molecule has 0 aromatic heterocycles. The molecule has 2 amide bonds. The average molecular weight is 340 g/mol. The summed E-state index contributed by atoms with van der Waals surface area (Å²) in [6.07, 6.45) is 0. The lowest BCUT2D eigenvalue weighted by Gasteiger charge is -2.21. The van der Waals surface area contributed by atoms with Crippen LogP contribution in [0.4, 0.5) is 11.4 Å². The third-order valence-electron chi connectivity index (χ3n) is 4.01. The number of nitrogens with zero attached hydrogens (tertiary/aromatic N) is 1. The molecule has 1 aliphatic rings. The van der Waals surface area contributed by atoms with Gasteiger partial charge in [-0.1, -0.05) is 17.7 Å². The van der Waals surface area contributed by atoms with Gasteiger partial charge < -0.3 is 19.7 Å². The molecule has 0 saturated carbocycles. The van der Waals surface area contributed by atoms with E-state index in [-0.39, 0.29) is 25.2 Å². The number of nitrogens with one attached hydrogen (secondary N) is 1. The highest BCUT2D eigenvalue weighted by molar-refractivity contribution is 6.02. The summed E-state index contributed by atoms with van der Waals surface area (Å²) < 4.78 is 10.6. The molecule has 0 aliphatic carbocycles. The van der Waals surface area contributed by atoms with Crippen molar-refractivity contribution >= 4 is 23.2 Å². The monoisotopic (exact) mass is 340 g/mol. The summed E-state index contributed by atoms with van der Waals surface area (Å²) >= 11 is 0. The zero-order valence-electron chi connectivity index (χ0n) is 14.5. The lowest BCUT2D eigenvalue weighted by Crippen LogP contribution is -2.36. The molecule has 0 unspecified atom stereocenters. The molecule has 0 bridgehead atoms. The molecule has 0 atom stereocenters. The van der Waals surface area contributed by atoms with E-state index in [0.717, 1.165) is 16.8 Å². The quantitative estimate of drug-likeness (QED) is 0.929. The maximum absolute atomic E-state index is 12.4.